The van der Waals surface area contributed by atoms with Gasteiger partial charge in [0.25, 0.3) is 5.69 Å². The molecule has 0 saturated heterocycles. The maximum Gasteiger partial charge on any atom is 0.270 e. The number of nitriles is 1. The van der Waals surface area contributed by atoms with Crippen molar-refractivity contribution in [1.82, 2.24) is 5.32 Å². The fourth-order valence-corrected chi connectivity index (χ4v) is 2.37. The van der Waals surface area contributed by atoms with Gasteiger partial charge in [-0.2, -0.15) is 5.26 Å². The lowest BCUT2D eigenvalue weighted by Crippen LogP contribution is -2.34. The summed E-state index contributed by atoms with van der Waals surface area (Å²) in [6.45, 7) is 7.19. The number of non-ortho nitro benzene ring substituents is 1. The average Bonchev–Trinajstić information content (AvgIpc) is 2.46. The van der Waals surface area contributed by atoms with E-state index >= 15 is 0 Å². The molecular formula is C15H21N3O2. The Morgan fingerprint density at radius 2 is 2.15 bits per heavy atom. The third kappa shape index (κ3) is 3.78. The Bertz CT molecular complexity index is 508. The summed E-state index contributed by atoms with van der Waals surface area (Å²) in [5, 5.41) is 23.4. The van der Waals surface area contributed by atoms with E-state index in [4.69, 9.17) is 0 Å². The van der Waals surface area contributed by atoms with E-state index in [1.54, 1.807) is 6.07 Å². The first-order chi connectivity index (χ1) is 9.54. The van der Waals surface area contributed by atoms with Crippen LogP contribution >= 0.6 is 0 Å². The Balaban J connectivity index is 3.05. The molecule has 0 bridgehead atoms. The van der Waals surface area contributed by atoms with Crippen LogP contribution in [0.4, 0.5) is 5.69 Å². The molecule has 0 aliphatic heterocycles. The van der Waals surface area contributed by atoms with Crippen LogP contribution in [-0.4, -0.2) is 17.5 Å². The number of rotatable bonds is 7. The molecule has 0 radical (unpaired) electrons. The Morgan fingerprint density at radius 1 is 1.45 bits per heavy atom. The molecule has 1 N–H and O–H groups in total. The average molecular weight is 275 g/mol. The molecule has 5 heteroatoms. The third-order valence-electron chi connectivity index (χ3n) is 3.56. The van der Waals surface area contributed by atoms with Gasteiger partial charge in [-0.15, -0.1) is 0 Å². The Hall–Kier alpha value is -1.93. The van der Waals surface area contributed by atoms with E-state index in [1.165, 1.54) is 12.1 Å². The second-order valence-electron chi connectivity index (χ2n) is 4.90. The highest BCUT2D eigenvalue weighted by molar-refractivity contribution is 5.48. The van der Waals surface area contributed by atoms with Gasteiger partial charge in [0.05, 0.1) is 16.6 Å². The van der Waals surface area contributed by atoms with Crippen LogP contribution in [0.15, 0.2) is 18.2 Å². The third-order valence-corrected chi connectivity index (χ3v) is 3.56. The van der Waals surface area contributed by atoms with Crippen molar-refractivity contribution in [3.8, 4) is 6.07 Å². The monoisotopic (exact) mass is 275 g/mol. The Morgan fingerprint density at radius 3 is 2.65 bits per heavy atom. The number of hydrogen-bond acceptors (Lipinski definition) is 4. The van der Waals surface area contributed by atoms with Crippen molar-refractivity contribution in [2.24, 2.45) is 0 Å². The van der Waals surface area contributed by atoms with Crippen molar-refractivity contribution in [2.75, 3.05) is 6.54 Å². The van der Waals surface area contributed by atoms with Crippen LogP contribution in [0.3, 0.4) is 0 Å². The molecule has 0 saturated carbocycles. The molecule has 2 unspecified atom stereocenters. The molecule has 1 rings (SSSR count). The van der Waals surface area contributed by atoms with Crippen molar-refractivity contribution < 1.29 is 4.92 Å². The number of nitrogens with one attached hydrogen (secondary N) is 1. The van der Waals surface area contributed by atoms with Crippen LogP contribution in [0.5, 0.6) is 0 Å². The molecule has 108 valence electrons. The van der Waals surface area contributed by atoms with E-state index in [1.807, 2.05) is 0 Å². The summed E-state index contributed by atoms with van der Waals surface area (Å²) >= 11 is 0. The minimum absolute atomic E-state index is 0.0351. The van der Waals surface area contributed by atoms with Crippen LogP contribution in [0, 0.1) is 21.4 Å². The quantitative estimate of drug-likeness (QED) is 0.611. The summed E-state index contributed by atoms with van der Waals surface area (Å²) in [5.41, 5.74) is 1.23. The number of nitro benzene ring substituents is 1. The smallest absolute Gasteiger partial charge is 0.270 e. The largest absolute Gasteiger partial charge is 0.313 e. The number of nitro groups is 1. The zero-order valence-corrected chi connectivity index (χ0v) is 12.2. The van der Waals surface area contributed by atoms with E-state index in [2.05, 4.69) is 32.2 Å². The lowest BCUT2D eigenvalue weighted by Gasteiger charge is -2.25. The minimum Gasteiger partial charge on any atom is -0.313 e. The van der Waals surface area contributed by atoms with Crippen LogP contribution < -0.4 is 5.32 Å². The van der Waals surface area contributed by atoms with Crippen LogP contribution in [-0.2, 0) is 0 Å². The van der Waals surface area contributed by atoms with Gasteiger partial charge in [-0.3, -0.25) is 10.1 Å². The van der Waals surface area contributed by atoms with E-state index in [0.29, 0.717) is 5.56 Å². The molecule has 0 aliphatic rings. The summed E-state index contributed by atoms with van der Waals surface area (Å²) in [7, 11) is 0. The molecule has 0 fully saturated rings. The van der Waals surface area contributed by atoms with Crippen molar-refractivity contribution in [3.05, 3.63) is 39.4 Å². The molecule has 0 amide bonds. The summed E-state index contributed by atoms with van der Waals surface area (Å²) in [6.07, 6.45) is 2.00. The summed E-state index contributed by atoms with van der Waals surface area (Å²) in [5.74, 6) is 0.141. The summed E-state index contributed by atoms with van der Waals surface area (Å²) < 4.78 is 0. The second-order valence-corrected chi connectivity index (χ2v) is 4.90. The lowest BCUT2D eigenvalue weighted by atomic mass is 9.88. The highest BCUT2D eigenvalue weighted by Crippen LogP contribution is 2.27. The molecule has 0 aliphatic carbocycles. The Labute approximate surface area is 119 Å². The number of hydrogen-bond donors (Lipinski definition) is 1. The van der Waals surface area contributed by atoms with Crippen molar-refractivity contribution in [1.29, 1.82) is 5.26 Å². The van der Waals surface area contributed by atoms with Gasteiger partial charge < -0.3 is 5.32 Å². The SMILES string of the molecule is CCCNC(CC)C(C)c1ccc([N+](=O)[O-])cc1C#N. The van der Waals surface area contributed by atoms with Crippen molar-refractivity contribution in [3.63, 3.8) is 0 Å². The van der Waals surface area contributed by atoms with Gasteiger partial charge in [0.2, 0.25) is 0 Å². The van der Waals surface area contributed by atoms with Crippen LogP contribution in [0.25, 0.3) is 0 Å². The Kier molecular flexibility index (Phi) is 6.13. The minimum atomic E-state index is -0.470. The number of benzene rings is 1. The first kappa shape index (κ1) is 16.1. The van der Waals surface area contributed by atoms with Gasteiger partial charge in [-0.25, -0.2) is 0 Å². The van der Waals surface area contributed by atoms with Crippen molar-refractivity contribution in [2.45, 2.75) is 45.6 Å². The van der Waals surface area contributed by atoms with Crippen LogP contribution in [0.1, 0.15) is 50.7 Å². The van der Waals surface area contributed by atoms with E-state index < -0.39 is 4.92 Å². The zero-order chi connectivity index (χ0) is 15.1. The zero-order valence-electron chi connectivity index (χ0n) is 12.2. The molecule has 5 nitrogen and oxygen atoms in total. The molecule has 2 atom stereocenters. The van der Waals surface area contributed by atoms with E-state index in [9.17, 15) is 15.4 Å². The van der Waals surface area contributed by atoms with Gasteiger partial charge in [0.15, 0.2) is 0 Å². The standard InChI is InChI=1S/C15H21N3O2/c1-4-8-17-15(5-2)11(3)14-7-6-13(18(19)20)9-12(14)10-16/h6-7,9,11,15,17H,4-5,8H2,1-3H3. The molecule has 1 aromatic carbocycles. The second kappa shape index (κ2) is 7.61. The molecule has 1 aromatic rings. The predicted molar refractivity (Wildman–Crippen MR) is 78.6 cm³/mol. The van der Waals surface area contributed by atoms with Gasteiger partial charge in [0.1, 0.15) is 0 Å². The number of nitrogens with zero attached hydrogens (tertiary/aromatic N) is 2. The highest BCUT2D eigenvalue weighted by Gasteiger charge is 2.21. The van der Waals surface area contributed by atoms with Gasteiger partial charge in [-0.05, 0) is 30.9 Å². The molecule has 20 heavy (non-hydrogen) atoms. The highest BCUT2D eigenvalue weighted by atomic mass is 16.6. The maximum absolute atomic E-state index is 10.8. The fourth-order valence-electron chi connectivity index (χ4n) is 2.37. The maximum atomic E-state index is 10.8. The van der Waals surface area contributed by atoms with Gasteiger partial charge in [0, 0.05) is 18.2 Å². The normalized spacial score (nSPS) is 13.5. The lowest BCUT2D eigenvalue weighted by molar-refractivity contribution is -0.384. The molecule has 0 aromatic heterocycles. The van der Waals surface area contributed by atoms with Crippen molar-refractivity contribution >= 4 is 5.69 Å². The van der Waals surface area contributed by atoms with Gasteiger partial charge >= 0.3 is 0 Å². The predicted octanol–water partition coefficient (Wildman–Crippen LogP) is 3.35. The first-order valence-corrected chi connectivity index (χ1v) is 6.96. The summed E-state index contributed by atoms with van der Waals surface area (Å²) in [4.78, 5) is 10.3. The van der Waals surface area contributed by atoms with E-state index in [-0.39, 0.29) is 17.6 Å². The fraction of sp³-hybridized carbons (Fsp3) is 0.533. The molecule has 0 spiro atoms. The van der Waals surface area contributed by atoms with Crippen LogP contribution in [0.2, 0.25) is 0 Å². The molecule has 0 heterocycles. The van der Waals surface area contributed by atoms with E-state index in [0.717, 1.165) is 24.9 Å². The first-order valence-electron chi connectivity index (χ1n) is 6.96. The topological polar surface area (TPSA) is 79.0 Å². The molecular weight excluding hydrogens is 254 g/mol. The summed E-state index contributed by atoms with van der Waals surface area (Å²) in [6, 6.07) is 6.88. The van der Waals surface area contributed by atoms with Gasteiger partial charge in [-0.1, -0.05) is 26.8 Å².